The first-order chi connectivity index (χ1) is 10.1. The molecule has 2 atom stereocenters. The number of benzene rings is 2. The van der Waals surface area contributed by atoms with Crippen LogP contribution in [0.5, 0.6) is 0 Å². The van der Waals surface area contributed by atoms with Crippen molar-refractivity contribution in [3.63, 3.8) is 0 Å². The SMILES string of the molecule is CCS[C@@]1(c2ccc(Cl)cc2)C[C@@H](c2ccc(Cl)cc2)S1. The van der Waals surface area contributed by atoms with Crippen LogP contribution in [-0.4, -0.2) is 5.75 Å². The summed E-state index contributed by atoms with van der Waals surface area (Å²) in [6.07, 6.45) is 1.15. The van der Waals surface area contributed by atoms with Gasteiger partial charge in [0.25, 0.3) is 0 Å². The monoisotopic (exact) mass is 354 g/mol. The molecule has 0 saturated carbocycles. The van der Waals surface area contributed by atoms with Gasteiger partial charge in [-0.1, -0.05) is 54.4 Å². The van der Waals surface area contributed by atoms with Gasteiger partial charge in [-0.2, -0.15) is 0 Å². The molecule has 0 nitrogen and oxygen atoms in total. The van der Waals surface area contributed by atoms with Crippen LogP contribution in [0.1, 0.15) is 29.7 Å². The van der Waals surface area contributed by atoms with E-state index in [2.05, 4.69) is 31.2 Å². The van der Waals surface area contributed by atoms with Crippen LogP contribution in [-0.2, 0) is 4.08 Å². The van der Waals surface area contributed by atoms with E-state index in [1.165, 1.54) is 11.1 Å². The highest BCUT2D eigenvalue weighted by atomic mass is 35.5. The molecule has 0 N–H and O–H groups in total. The Kier molecular flexibility index (Phi) is 4.80. The van der Waals surface area contributed by atoms with Crippen LogP contribution in [0, 0.1) is 0 Å². The van der Waals surface area contributed by atoms with Crippen molar-refractivity contribution < 1.29 is 0 Å². The Hall–Kier alpha value is -0.280. The Morgan fingerprint density at radius 2 is 1.57 bits per heavy atom. The molecule has 1 heterocycles. The van der Waals surface area contributed by atoms with E-state index < -0.39 is 0 Å². The van der Waals surface area contributed by atoms with E-state index in [1.807, 2.05) is 47.8 Å². The predicted molar refractivity (Wildman–Crippen MR) is 97.7 cm³/mol. The van der Waals surface area contributed by atoms with E-state index in [0.29, 0.717) is 5.25 Å². The maximum Gasteiger partial charge on any atom is 0.0880 e. The molecule has 0 bridgehead atoms. The Morgan fingerprint density at radius 3 is 2.10 bits per heavy atom. The van der Waals surface area contributed by atoms with Gasteiger partial charge in [-0.25, -0.2) is 0 Å². The van der Waals surface area contributed by atoms with Crippen LogP contribution >= 0.6 is 46.7 Å². The molecule has 2 aromatic carbocycles. The molecular weight excluding hydrogens is 339 g/mol. The highest BCUT2D eigenvalue weighted by Gasteiger charge is 2.47. The number of halogens is 2. The molecule has 0 aromatic heterocycles. The van der Waals surface area contributed by atoms with Crippen molar-refractivity contribution in [3.8, 4) is 0 Å². The zero-order valence-electron chi connectivity index (χ0n) is 11.7. The molecule has 0 aliphatic carbocycles. The van der Waals surface area contributed by atoms with Crippen molar-refractivity contribution in [2.24, 2.45) is 0 Å². The van der Waals surface area contributed by atoms with Crippen molar-refractivity contribution >= 4 is 46.7 Å². The van der Waals surface area contributed by atoms with Gasteiger partial charge in [0.15, 0.2) is 0 Å². The molecule has 0 unspecified atom stereocenters. The molecule has 3 rings (SSSR count). The van der Waals surface area contributed by atoms with Crippen molar-refractivity contribution in [1.29, 1.82) is 0 Å². The van der Waals surface area contributed by atoms with Gasteiger partial charge in [-0.05, 0) is 47.6 Å². The fourth-order valence-electron chi connectivity index (χ4n) is 2.63. The normalized spacial score (nSPS) is 24.6. The summed E-state index contributed by atoms with van der Waals surface area (Å²) in [6.45, 7) is 2.22. The summed E-state index contributed by atoms with van der Waals surface area (Å²) in [6, 6.07) is 16.5. The van der Waals surface area contributed by atoms with E-state index in [4.69, 9.17) is 23.2 Å². The Balaban J connectivity index is 1.80. The number of rotatable bonds is 4. The summed E-state index contributed by atoms with van der Waals surface area (Å²) in [5, 5.41) is 2.15. The molecule has 1 aliphatic heterocycles. The molecule has 21 heavy (non-hydrogen) atoms. The Labute approximate surface area is 144 Å². The highest BCUT2D eigenvalue weighted by molar-refractivity contribution is 8.18. The first-order valence-corrected chi connectivity index (χ1v) is 9.58. The number of hydrogen-bond donors (Lipinski definition) is 0. The van der Waals surface area contributed by atoms with E-state index in [0.717, 1.165) is 22.2 Å². The molecular formula is C17H16Cl2S2. The fourth-order valence-corrected chi connectivity index (χ4v) is 6.34. The third kappa shape index (κ3) is 3.24. The van der Waals surface area contributed by atoms with E-state index in [1.54, 1.807) is 0 Å². The summed E-state index contributed by atoms with van der Waals surface area (Å²) in [5.41, 5.74) is 2.74. The van der Waals surface area contributed by atoms with Crippen LogP contribution in [0.25, 0.3) is 0 Å². The van der Waals surface area contributed by atoms with Gasteiger partial charge in [0.1, 0.15) is 0 Å². The average Bonchev–Trinajstić information content (AvgIpc) is 2.45. The molecule has 0 amide bonds. The third-order valence-corrected chi connectivity index (χ3v) is 7.50. The molecule has 2 aromatic rings. The second-order valence-corrected chi connectivity index (χ2v) is 9.25. The van der Waals surface area contributed by atoms with Gasteiger partial charge < -0.3 is 0 Å². The summed E-state index contributed by atoms with van der Waals surface area (Å²) in [5.74, 6) is 1.11. The summed E-state index contributed by atoms with van der Waals surface area (Å²) in [4.78, 5) is 0. The van der Waals surface area contributed by atoms with Gasteiger partial charge in [0.05, 0.1) is 4.08 Å². The van der Waals surface area contributed by atoms with Crippen LogP contribution in [0.4, 0.5) is 0 Å². The van der Waals surface area contributed by atoms with Gasteiger partial charge in [0, 0.05) is 15.3 Å². The van der Waals surface area contributed by atoms with E-state index in [9.17, 15) is 0 Å². The van der Waals surface area contributed by atoms with Crippen molar-refractivity contribution in [1.82, 2.24) is 0 Å². The van der Waals surface area contributed by atoms with E-state index >= 15 is 0 Å². The van der Waals surface area contributed by atoms with Crippen molar-refractivity contribution in [2.45, 2.75) is 22.7 Å². The highest BCUT2D eigenvalue weighted by Crippen LogP contribution is 2.67. The minimum Gasteiger partial charge on any atom is -0.140 e. The van der Waals surface area contributed by atoms with Crippen molar-refractivity contribution in [3.05, 3.63) is 69.7 Å². The summed E-state index contributed by atoms with van der Waals surface area (Å²) < 4.78 is 0.170. The minimum absolute atomic E-state index is 0.170. The smallest absolute Gasteiger partial charge is 0.0880 e. The van der Waals surface area contributed by atoms with Crippen LogP contribution in [0.2, 0.25) is 10.0 Å². The molecule has 110 valence electrons. The van der Waals surface area contributed by atoms with Crippen LogP contribution in [0.3, 0.4) is 0 Å². The first kappa shape index (κ1) is 15.6. The second kappa shape index (κ2) is 6.45. The van der Waals surface area contributed by atoms with Crippen LogP contribution < -0.4 is 0 Å². The number of thioether (sulfide) groups is 2. The molecule has 1 aliphatic rings. The lowest BCUT2D eigenvalue weighted by molar-refractivity contribution is 0.674. The lowest BCUT2D eigenvalue weighted by Gasteiger charge is -2.47. The zero-order chi connectivity index (χ0) is 14.9. The number of hydrogen-bond acceptors (Lipinski definition) is 2. The minimum atomic E-state index is 0.170. The molecule has 0 radical (unpaired) electrons. The van der Waals surface area contributed by atoms with Gasteiger partial charge >= 0.3 is 0 Å². The Bertz CT molecular complexity index is 602. The van der Waals surface area contributed by atoms with Gasteiger partial charge in [-0.15, -0.1) is 23.5 Å². The average molecular weight is 355 g/mol. The topological polar surface area (TPSA) is 0 Å². The predicted octanol–water partition coefficient (Wildman–Crippen LogP) is 6.78. The standard InChI is InChI=1S/C17H16Cl2S2/c1-2-20-17(13-5-9-15(19)10-6-13)11-16(21-17)12-3-7-14(18)8-4-12/h3-10,16H,2,11H2,1H3/t16-,17-/m0/s1. The maximum atomic E-state index is 6.01. The maximum absolute atomic E-state index is 6.01. The quantitative estimate of drug-likeness (QED) is 0.593. The van der Waals surface area contributed by atoms with Gasteiger partial charge in [-0.3, -0.25) is 0 Å². The lowest BCUT2D eigenvalue weighted by Crippen LogP contribution is -2.31. The lowest BCUT2D eigenvalue weighted by atomic mass is 10.0. The molecule has 1 fully saturated rings. The fraction of sp³-hybridized carbons (Fsp3) is 0.294. The van der Waals surface area contributed by atoms with E-state index in [-0.39, 0.29) is 4.08 Å². The summed E-state index contributed by atoms with van der Waals surface area (Å²) >= 11 is 16.0. The van der Waals surface area contributed by atoms with Crippen LogP contribution in [0.15, 0.2) is 48.5 Å². The molecule has 4 heteroatoms. The summed E-state index contributed by atoms with van der Waals surface area (Å²) in [7, 11) is 0. The Morgan fingerprint density at radius 1 is 1.05 bits per heavy atom. The first-order valence-electron chi connectivity index (χ1n) is 6.96. The molecule has 0 spiro atoms. The van der Waals surface area contributed by atoms with Crippen molar-refractivity contribution in [2.75, 3.05) is 5.75 Å². The third-order valence-electron chi connectivity index (χ3n) is 3.69. The largest absolute Gasteiger partial charge is 0.140 e. The zero-order valence-corrected chi connectivity index (χ0v) is 14.8. The second-order valence-electron chi connectivity index (χ2n) is 5.05. The van der Waals surface area contributed by atoms with Gasteiger partial charge in [0.2, 0.25) is 0 Å². The molecule has 1 saturated heterocycles.